The highest BCUT2D eigenvalue weighted by Crippen LogP contribution is 2.29. The molecule has 0 atom stereocenters. The Morgan fingerprint density at radius 3 is 2.50 bits per heavy atom. The molecular weight excluding hydrogens is 176 g/mol. The number of rotatable bonds is 1. The summed E-state index contributed by atoms with van der Waals surface area (Å²) in [6.45, 7) is 0. The molecule has 6 N–H and O–H groups in total. The highest BCUT2D eigenvalue weighted by Gasteiger charge is 2.04. The summed E-state index contributed by atoms with van der Waals surface area (Å²) in [5.41, 5.74) is 5.23. The van der Waals surface area contributed by atoms with Gasteiger partial charge in [0.05, 0.1) is 0 Å². The van der Waals surface area contributed by atoms with Crippen LogP contribution in [0.25, 0.3) is 0 Å². The van der Waals surface area contributed by atoms with Gasteiger partial charge in [0.1, 0.15) is 0 Å². The van der Waals surface area contributed by atoms with E-state index in [0.717, 1.165) is 11.8 Å². The van der Waals surface area contributed by atoms with Gasteiger partial charge in [-0.3, -0.25) is 11.1 Å². The number of thioether (sulfide) groups is 1. The SMILES string of the molecule is NC(=[NH2+])Sc1ccc(O)c(O)c1. The van der Waals surface area contributed by atoms with Crippen LogP contribution in [0, 0.1) is 0 Å². The predicted molar refractivity (Wildman–Crippen MR) is 46.7 cm³/mol. The monoisotopic (exact) mass is 185 g/mol. The summed E-state index contributed by atoms with van der Waals surface area (Å²) in [6.07, 6.45) is 0. The number of phenolic OH excluding ortho intramolecular Hbond substituents is 2. The van der Waals surface area contributed by atoms with Crippen molar-refractivity contribution in [2.75, 3.05) is 0 Å². The zero-order valence-corrected chi connectivity index (χ0v) is 7.01. The van der Waals surface area contributed by atoms with Gasteiger partial charge in [-0.2, -0.15) is 0 Å². The van der Waals surface area contributed by atoms with E-state index in [1.165, 1.54) is 12.1 Å². The molecule has 0 fully saturated rings. The molecule has 0 saturated carbocycles. The van der Waals surface area contributed by atoms with Crippen molar-refractivity contribution in [1.82, 2.24) is 0 Å². The third-order valence-electron chi connectivity index (χ3n) is 1.18. The molecule has 1 aromatic rings. The van der Waals surface area contributed by atoms with Crippen LogP contribution in [0.2, 0.25) is 0 Å². The Morgan fingerprint density at radius 2 is 2.00 bits per heavy atom. The Bertz CT molecular complexity index is 314. The fourth-order valence-electron chi connectivity index (χ4n) is 0.703. The van der Waals surface area contributed by atoms with Gasteiger partial charge >= 0.3 is 5.17 Å². The van der Waals surface area contributed by atoms with E-state index in [2.05, 4.69) is 0 Å². The van der Waals surface area contributed by atoms with Gasteiger partial charge in [-0.25, -0.2) is 0 Å². The fraction of sp³-hybridized carbons (Fsp3) is 0. The van der Waals surface area contributed by atoms with E-state index in [-0.39, 0.29) is 16.7 Å². The van der Waals surface area contributed by atoms with Gasteiger partial charge in [0.25, 0.3) is 0 Å². The second kappa shape index (κ2) is 3.36. The lowest BCUT2D eigenvalue weighted by atomic mass is 10.3. The van der Waals surface area contributed by atoms with Gasteiger partial charge in [0.15, 0.2) is 11.5 Å². The standard InChI is InChI=1S/C7H8N2O2S/c8-7(9)12-4-1-2-5(10)6(11)3-4/h1-3,10-11H,(H3,8,9)/p+1. The Kier molecular flexibility index (Phi) is 2.44. The first kappa shape index (κ1) is 8.73. The van der Waals surface area contributed by atoms with Gasteiger partial charge in [0, 0.05) is 4.90 Å². The van der Waals surface area contributed by atoms with Crippen LogP contribution in [-0.2, 0) is 0 Å². The molecule has 1 rings (SSSR count). The summed E-state index contributed by atoms with van der Waals surface area (Å²) < 4.78 is 0. The van der Waals surface area contributed by atoms with E-state index in [1.807, 2.05) is 0 Å². The fourth-order valence-corrected chi connectivity index (χ4v) is 1.28. The molecule has 0 unspecified atom stereocenters. The number of hydrogen-bond donors (Lipinski definition) is 4. The molecular formula is C7H9N2O2S+. The first-order valence-electron chi connectivity index (χ1n) is 3.17. The van der Waals surface area contributed by atoms with Crippen molar-refractivity contribution in [2.45, 2.75) is 4.90 Å². The minimum Gasteiger partial charge on any atom is -0.504 e. The van der Waals surface area contributed by atoms with Crippen LogP contribution >= 0.6 is 11.8 Å². The molecule has 0 heterocycles. The number of hydrogen-bond acceptors (Lipinski definition) is 3. The maximum atomic E-state index is 9.06. The third-order valence-corrected chi connectivity index (χ3v) is 1.91. The van der Waals surface area contributed by atoms with Crippen molar-refractivity contribution in [3.05, 3.63) is 18.2 Å². The van der Waals surface area contributed by atoms with E-state index in [0.29, 0.717) is 4.90 Å². The third kappa shape index (κ3) is 2.06. The van der Waals surface area contributed by atoms with E-state index >= 15 is 0 Å². The van der Waals surface area contributed by atoms with Gasteiger partial charge in [0.2, 0.25) is 0 Å². The van der Waals surface area contributed by atoms with E-state index in [4.69, 9.17) is 21.4 Å². The number of amidine groups is 1. The molecule has 12 heavy (non-hydrogen) atoms. The van der Waals surface area contributed by atoms with Crippen molar-refractivity contribution in [1.29, 1.82) is 0 Å². The first-order chi connectivity index (χ1) is 5.59. The molecule has 64 valence electrons. The molecule has 0 aliphatic rings. The second-order valence-electron chi connectivity index (χ2n) is 2.15. The number of aromatic hydroxyl groups is 2. The van der Waals surface area contributed by atoms with Crippen LogP contribution in [-0.4, -0.2) is 15.4 Å². The van der Waals surface area contributed by atoms with Gasteiger partial charge in [-0.05, 0) is 30.0 Å². The van der Waals surface area contributed by atoms with Gasteiger partial charge in [-0.15, -0.1) is 0 Å². The van der Waals surface area contributed by atoms with Crippen molar-refractivity contribution < 1.29 is 15.6 Å². The molecule has 0 bridgehead atoms. The smallest absolute Gasteiger partial charge is 0.304 e. The minimum absolute atomic E-state index is 0.157. The Morgan fingerprint density at radius 1 is 1.33 bits per heavy atom. The first-order valence-corrected chi connectivity index (χ1v) is 3.99. The average molecular weight is 185 g/mol. The Labute approximate surface area is 73.5 Å². The molecule has 0 radical (unpaired) electrons. The van der Waals surface area contributed by atoms with Crippen LogP contribution in [0.1, 0.15) is 0 Å². The largest absolute Gasteiger partial charge is 0.504 e. The highest BCUT2D eigenvalue weighted by molar-refractivity contribution is 8.13. The van der Waals surface area contributed by atoms with Gasteiger partial charge < -0.3 is 10.2 Å². The summed E-state index contributed by atoms with van der Waals surface area (Å²) in [5, 5.41) is 23.4. The number of phenols is 2. The zero-order chi connectivity index (χ0) is 9.14. The number of nitrogens with two attached hydrogens (primary N) is 2. The van der Waals surface area contributed by atoms with Crippen LogP contribution in [0.5, 0.6) is 11.5 Å². The average Bonchev–Trinajstić information content (AvgIpc) is 1.96. The van der Waals surface area contributed by atoms with Crippen LogP contribution < -0.4 is 11.1 Å². The van der Waals surface area contributed by atoms with Crippen LogP contribution in [0.3, 0.4) is 0 Å². The Balaban J connectivity index is 2.89. The van der Waals surface area contributed by atoms with E-state index < -0.39 is 0 Å². The topological polar surface area (TPSA) is 92.1 Å². The lowest BCUT2D eigenvalue weighted by Crippen LogP contribution is -2.43. The van der Waals surface area contributed by atoms with Crippen molar-refractivity contribution in [3.63, 3.8) is 0 Å². The van der Waals surface area contributed by atoms with Crippen molar-refractivity contribution in [2.24, 2.45) is 5.73 Å². The second-order valence-corrected chi connectivity index (χ2v) is 3.30. The zero-order valence-electron chi connectivity index (χ0n) is 6.19. The molecule has 0 aliphatic carbocycles. The summed E-state index contributed by atoms with van der Waals surface area (Å²) in [5.74, 6) is -0.337. The lowest BCUT2D eigenvalue weighted by molar-refractivity contribution is -0.110. The van der Waals surface area contributed by atoms with Crippen LogP contribution in [0.15, 0.2) is 23.1 Å². The van der Waals surface area contributed by atoms with Crippen molar-refractivity contribution in [3.8, 4) is 11.5 Å². The minimum atomic E-state index is -0.179. The molecule has 0 aliphatic heterocycles. The van der Waals surface area contributed by atoms with E-state index in [9.17, 15) is 0 Å². The maximum Gasteiger partial charge on any atom is 0.304 e. The maximum absolute atomic E-state index is 9.06. The molecule has 0 spiro atoms. The summed E-state index contributed by atoms with van der Waals surface area (Å²) in [4.78, 5) is 0.685. The summed E-state index contributed by atoms with van der Waals surface area (Å²) in [7, 11) is 0. The van der Waals surface area contributed by atoms with Crippen LogP contribution in [0.4, 0.5) is 0 Å². The quantitative estimate of drug-likeness (QED) is 0.201. The molecule has 0 saturated heterocycles. The predicted octanol–water partition coefficient (Wildman–Crippen LogP) is -0.736. The molecule has 5 heteroatoms. The summed E-state index contributed by atoms with van der Waals surface area (Å²) in [6, 6.07) is 4.37. The molecule has 4 nitrogen and oxygen atoms in total. The molecule has 1 aromatic carbocycles. The molecule has 0 aromatic heterocycles. The highest BCUT2D eigenvalue weighted by atomic mass is 32.2. The van der Waals surface area contributed by atoms with E-state index in [1.54, 1.807) is 6.07 Å². The Hall–Kier alpha value is -1.36. The van der Waals surface area contributed by atoms with Gasteiger partial charge in [-0.1, -0.05) is 0 Å². The van der Waals surface area contributed by atoms with Crippen molar-refractivity contribution >= 4 is 16.9 Å². The number of benzene rings is 1. The molecule has 0 amide bonds. The normalized spacial score (nSPS) is 9.67. The lowest BCUT2D eigenvalue weighted by Gasteiger charge is -1.98. The summed E-state index contributed by atoms with van der Waals surface area (Å²) >= 11 is 1.12.